The second-order valence-electron chi connectivity index (χ2n) is 3.80. The Labute approximate surface area is 86.5 Å². The molecule has 0 radical (unpaired) electrons. The second kappa shape index (κ2) is 5.66. The van der Waals surface area contributed by atoms with Crippen LogP contribution in [0.2, 0.25) is 0 Å². The van der Waals surface area contributed by atoms with Gasteiger partial charge in [-0.1, -0.05) is 6.07 Å². The fourth-order valence-corrected chi connectivity index (χ4v) is 1.58. The van der Waals surface area contributed by atoms with Crippen molar-refractivity contribution in [3.63, 3.8) is 0 Å². The van der Waals surface area contributed by atoms with Crippen LogP contribution in [0.15, 0.2) is 18.2 Å². The molecule has 0 aliphatic heterocycles. The van der Waals surface area contributed by atoms with Gasteiger partial charge in [-0.3, -0.25) is 0 Å². The molecule has 14 heavy (non-hydrogen) atoms. The molecule has 0 unspecified atom stereocenters. The Balaban J connectivity index is 2.42. The average molecular weight is 192 g/mol. The SMILES string of the molecule is Cc1cc(C)cc(NCCCCN)c1. The summed E-state index contributed by atoms with van der Waals surface area (Å²) < 4.78 is 0. The highest BCUT2D eigenvalue weighted by Crippen LogP contribution is 2.13. The van der Waals surface area contributed by atoms with Gasteiger partial charge in [-0.2, -0.15) is 0 Å². The lowest BCUT2D eigenvalue weighted by molar-refractivity contribution is 0.774. The molecule has 0 amide bonds. The third-order valence-electron chi connectivity index (χ3n) is 2.18. The standard InChI is InChI=1S/C12H20N2/c1-10-7-11(2)9-12(8-10)14-6-4-3-5-13/h7-9,14H,3-6,13H2,1-2H3. The smallest absolute Gasteiger partial charge is 0.0345 e. The van der Waals surface area contributed by atoms with Crippen molar-refractivity contribution >= 4 is 5.69 Å². The number of aryl methyl sites for hydroxylation is 2. The summed E-state index contributed by atoms with van der Waals surface area (Å²) in [6, 6.07) is 6.54. The number of benzene rings is 1. The fourth-order valence-electron chi connectivity index (χ4n) is 1.58. The van der Waals surface area contributed by atoms with E-state index >= 15 is 0 Å². The van der Waals surface area contributed by atoms with Crippen molar-refractivity contribution in [2.45, 2.75) is 26.7 Å². The van der Waals surface area contributed by atoms with Gasteiger partial charge in [-0.05, 0) is 56.5 Å². The summed E-state index contributed by atoms with van der Waals surface area (Å²) in [6.07, 6.45) is 2.24. The summed E-state index contributed by atoms with van der Waals surface area (Å²) in [7, 11) is 0. The number of rotatable bonds is 5. The topological polar surface area (TPSA) is 38.0 Å². The molecule has 0 aliphatic rings. The normalized spacial score (nSPS) is 10.2. The molecule has 0 heterocycles. The van der Waals surface area contributed by atoms with Gasteiger partial charge in [0, 0.05) is 12.2 Å². The van der Waals surface area contributed by atoms with E-state index in [-0.39, 0.29) is 0 Å². The molecule has 1 aromatic rings. The molecule has 0 fully saturated rings. The first-order chi connectivity index (χ1) is 6.72. The summed E-state index contributed by atoms with van der Waals surface area (Å²) in [4.78, 5) is 0. The van der Waals surface area contributed by atoms with E-state index in [0.29, 0.717) is 0 Å². The minimum Gasteiger partial charge on any atom is -0.385 e. The Morgan fingerprint density at radius 3 is 2.29 bits per heavy atom. The Morgan fingerprint density at radius 2 is 1.71 bits per heavy atom. The number of anilines is 1. The maximum Gasteiger partial charge on any atom is 0.0345 e. The number of unbranched alkanes of at least 4 members (excludes halogenated alkanes) is 1. The molecule has 1 aromatic carbocycles. The van der Waals surface area contributed by atoms with Crippen LogP contribution in [-0.2, 0) is 0 Å². The lowest BCUT2D eigenvalue weighted by atomic mass is 10.1. The highest BCUT2D eigenvalue weighted by Gasteiger charge is 1.94. The van der Waals surface area contributed by atoms with Crippen LogP contribution in [0.1, 0.15) is 24.0 Å². The largest absolute Gasteiger partial charge is 0.385 e. The number of hydrogen-bond donors (Lipinski definition) is 2. The van der Waals surface area contributed by atoms with Crippen LogP contribution < -0.4 is 11.1 Å². The zero-order valence-electron chi connectivity index (χ0n) is 9.14. The van der Waals surface area contributed by atoms with E-state index in [1.165, 1.54) is 16.8 Å². The van der Waals surface area contributed by atoms with Crippen LogP contribution in [0.5, 0.6) is 0 Å². The summed E-state index contributed by atoms with van der Waals surface area (Å²) >= 11 is 0. The van der Waals surface area contributed by atoms with Crippen LogP contribution in [0.25, 0.3) is 0 Å². The van der Waals surface area contributed by atoms with E-state index in [1.807, 2.05) is 0 Å². The Morgan fingerprint density at radius 1 is 1.07 bits per heavy atom. The molecule has 1 rings (SSSR count). The minimum atomic E-state index is 0.786. The molecule has 2 heteroatoms. The Kier molecular flexibility index (Phi) is 4.47. The molecule has 0 atom stereocenters. The van der Waals surface area contributed by atoms with Gasteiger partial charge in [-0.25, -0.2) is 0 Å². The number of nitrogens with two attached hydrogens (primary N) is 1. The van der Waals surface area contributed by atoms with Crippen molar-refractivity contribution in [3.8, 4) is 0 Å². The van der Waals surface area contributed by atoms with Gasteiger partial charge in [-0.15, -0.1) is 0 Å². The van der Waals surface area contributed by atoms with Crippen molar-refractivity contribution in [3.05, 3.63) is 29.3 Å². The third kappa shape index (κ3) is 3.79. The molecule has 0 aromatic heterocycles. The number of nitrogens with one attached hydrogen (secondary N) is 1. The molecule has 3 N–H and O–H groups in total. The summed E-state index contributed by atoms with van der Waals surface area (Å²) in [5, 5.41) is 3.41. The Hall–Kier alpha value is -1.02. The van der Waals surface area contributed by atoms with Gasteiger partial charge < -0.3 is 11.1 Å². The monoisotopic (exact) mass is 192 g/mol. The van der Waals surface area contributed by atoms with Gasteiger partial charge >= 0.3 is 0 Å². The quantitative estimate of drug-likeness (QED) is 0.703. The maximum atomic E-state index is 5.43. The van der Waals surface area contributed by atoms with Crippen molar-refractivity contribution < 1.29 is 0 Å². The molecule has 2 nitrogen and oxygen atoms in total. The first-order valence-electron chi connectivity index (χ1n) is 5.24. The van der Waals surface area contributed by atoms with Crippen LogP contribution >= 0.6 is 0 Å². The highest BCUT2D eigenvalue weighted by molar-refractivity contribution is 5.48. The summed E-state index contributed by atoms with van der Waals surface area (Å²) in [6.45, 7) is 6.05. The van der Waals surface area contributed by atoms with E-state index in [0.717, 1.165) is 25.9 Å². The van der Waals surface area contributed by atoms with E-state index in [2.05, 4.69) is 37.4 Å². The molecule has 0 saturated heterocycles. The lowest BCUT2D eigenvalue weighted by Gasteiger charge is -2.07. The van der Waals surface area contributed by atoms with Gasteiger partial charge in [0.1, 0.15) is 0 Å². The van der Waals surface area contributed by atoms with Crippen molar-refractivity contribution in [1.29, 1.82) is 0 Å². The molecular formula is C12H20N2. The molecule has 0 bridgehead atoms. The molecular weight excluding hydrogens is 172 g/mol. The van der Waals surface area contributed by atoms with E-state index < -0.39 is 0 Å². The molecule has 0 spiro atoms. The Bertz CT molecular complexity index is 261. The molecule has 0 aliphatic carbocycles. The summed E-state index contributed by atoms with van der Waals surface area (Å²) in [5.41, 5.74) is 9.27. The first kappa shape index (κ1) is 11.1. The highest BCUT2D eigenvalue weighted by atomic mass is 14.9. The minimum absolute atomic E-state index is 0.786. The van der Waals surface area contributed by atoms with Gasteiger partial charge in [0.25, 0.3) is 0 Å². The van der Waals surface area contributed by atoms with E-state index in [1.54, 1.807) is 0 Å². The van der Waals surface area contributed by atoms with Crippen molar-refractivity contribution in [2.24, 2.45) is 5.73 Å². The van der Waals surface area contributed by atoms with Crippen LogP contribution in [-0.4, -0.2) is 13.1 Å². The predicted octanol–water partition coefficient (Wildman–Crippen LogP) is 2.45. The third-order valence-corrected chi connectivity index (χ3v) is 2.18. The maximum absolute atomic E-state index is 5.43. The molecule has 78 valence electrons. The van der Waals surface area contributed by atoms with Crippen LogP contribution in [0.3, 0.4) is 0 Å². The van der Waals surface area contributed by atoms with E-state index in [4.69, 9.17) is 5.73 Å². The first-order valence-corrected chi connectivity index (χ1v) is 5.24. The predicted molar refractivity (Wildman–Crippen MR) is 62.7 cm³/mol. The molecule has 0 saturated carbocycles. The van der Waals surface area contributed by atoms with Crippen LogP contribution in [0.4, 0.5) is 5.69 Å². The lowest BCUT2D eigenvalue weighted by Crippen LogP contribution is -2.05. The van der Waals surface area contributed by atoms with Crippen molar-refractivity contribution in [1.82, 2.24) is 0 Å². The fraction of sp³-hybridized carbons (Fsp3) is 0.500. The average Bonchev–Trinajstić information content (AvgIpc) is 2.11. The zero-order valence-corrected chi connectivity index (χ0v) is 9.14. The zero-order chi connectivity index (χ0) is 10.4. The van der Waals surface area contributed by atoms with Crippen molar-refractivity contribution in [2.75, 3.05) is 18.4 Å². The van der Waals surface area contributed by atoms with E-state index in [9.17, 15) is 0 Å². The van der Waals surface area contributed by atoms with Crippen LogP contribution in [0, 0.1) is 13.8 Å². The summed E-state index contributed by atoms with van der Waals surface area (Å²) in [5.74, 6) is 0. The van der Waals surface area contributed by atoms with Gasteiger partial charge in [0.2, 0.25) is 0 Å². The number of hydrogen-bond acceptors (Lipinski definition) is 2. The van der Waals surface area contributed by atoms with Gasteiger partial charge in [0.15, 0.2) is 0 Å². The van der Waals surface area contributed by atoms with Gasteiger partial charge in [0.05, 0.1) is 0 Å². The second-order valence-corrected chi connectivity index (χ2v) is 3.80.